The Balaban J connectivity index is 1.33. The molecule has 1 saturated carbocycles. The molecule has 4 heteroatoms. The minimum absolute atomic E-state index is 0.0662. The maximum absolute atomic E-state index is 12.4. The molecule has 0 N–H and O–H groups in total. The summed E-state index contributed by atoms with van der Waals surface area (Å²) in [5, 5.41) is 0. The van der Waals surface area contributed by atoms with Gasteiger partial charge in [0.1, 0.15) is 0 Å². The Labute approximate surface area is 140 Å². The van der Waals surface area contributed by atoms with E-state index in [-0.39, 0.29) is 5.60 Å². The number of hydrogen-bond donors (Lipinski definition) is 0. The molecule has 4 aliphatic rings. The van der Waals surface area contributed by atoms with Crippen LogP contribution in [-0.4, -0.2) is 60.1 Å². The van der Waals surface area contributed by atoms with Crippen LogP contribution in [0.15, 0.2) is 0 Å². The minimum atomic E-state index is 0.0662. The lowest BCUT2D eigenvalue weighted by molar-refractivity contribution is -0.154. The van der Waals surface area contributed by atoms with E-state index in [9.17, 15) is 4.79 Å². The highest BCUT2D eigenvalue weighted by Gasteiger charge is 2.43. The topological polar surface area (TPSA) is 32.8 Å². The summed E-state index contributed by atoms with van der Waals surface area (Å²) in [6, 6.07) is 0.720. The van der Waals surface area contributed by atoms with Crippen molar-refractivity contribution in [1.82, 2.24) is 9.80 Å². The summed E-state index contributed by atoms with van der Waals surface area (Å²) in [6.07, 6.45) is 12.1. The lowest BCUT2D eigenvalue weighted by Gasteiger charge is -2.49. The molecule has 0 aromatic carbocycles. The Morgan fingerprint density at radius 3 is 2.30 bits per heavy atom. The van der Waals surface area contributed by atoms with Gasteiger partial charge < -0.3 is 14.5 Å². The van der Waals surface area contributed by atoms with Gasteiger partial charge >= 0.3 is 0 Å². The van der Waals surface area contributed by atoms with Gasteiger partial charge in [-0.05, 0) is 64.5 Å². The Morgan fingerprint density at radius 1 is 0.913 bits per heavy atom. The van der Waals surface area contributed by atoms with Gasteiger partial charge in [0.25, 0.3) is 0 Å². The molecule has 0 bridgehead atoms. The van der Waals surface area contributed by atoms with E-state index in [4.69, 9.17) is 4.74 Å². The second-order valence-corrected chi connectivity index (χ2v) is 8.23. The van der Waals surface area contributed by atoms with Crippen molar-refractivity contribution in [2.75, 3.05) is 32.8 Å². The fourth-order valence-electron chi connectivity index (χ4n) is 4.99. The highest BCUT2D eigenvalue weighted by molar-refractivity contribution is 5.79. The molecule has 1 atom stereocenters. The van der Waals surface area contributed by atoms with Gasteiger partial charge in [0.05, 0.1) is 5.60 Å². The van der Waals surface area contributed by atoms with E-state index < -0.39 is 0 Å². The standard InChI is InChI=1S/C19H32N2O2/c22-18(16-5-4-6-16)21-12-8-19(9-13-21)15-17(7-14-23-19)20-10-2-1-3-11-20/h16-17H,1-15H2. The van der Waals surface area contributed by atoms with Crippen LogP contribution in [0.3, 0.4) is 0 Å². The summed E-state index contributed by atoms with van der Waals surface area (Å²) in [5.41, 5.74) is 0.0662. The Morgan fingerprint density at radius 2 is 1.65 bits per heavy atom. The molecule has 0 radical (unpaired) electrons. The molecule has 3 saturated heterocycles. The molecular weight excluding hydrogens is 288 g/mol. The molecule has 0 aromatic heterocycles. The molecule has 1 unspecified atom stereocenters. The third-order valence-electron chi connectivity index (χ3n) is 6.81. The third kappa shape index (κ3) is 3.30. The largest absolute Gasteiger partial charge is 0.375 e. The fourth-order valence-corrected chi connectivity index (χ4v) is 4.99. The van der Waals surface area contributed by atoms with E-state index in [1.165, 1.54) is 51.6 Å². The third-order valence-corrected chi connectivity index (χ3v) is 6.81. The number of ether oxygens (including phenoxy) is 1. The van der Waals surface area contributed by atoms with Gasteiger partial charge in [-0.2, -0.15) is 0 Å². The van der Waals surface area contributed by atoms with Gasteiger partial charge in [-0.15, -0.1) is 0 Å². The maximum atomic E-state index is 12.4. The van der Waals surface area contributed by atoms with E-state index in [2.05, 4.69) is 9.80 Å². The summed E-state index contributed by atoms with van der Waals surface area (Å²) < 4.78 is 6.29. The number of piperidine rings is 2. The minimum Gasteiger partial charge on any atom is -0.375 e. The van der Waals surface area contributed by atoms with Crippen molar-refractivity contribution in [2.24, 2.45) is 5.92 Å². The van der Waals surface area contributed by atoms with Gasteiger partial charge in [0, 0.05) is 31.7 Å². The van der Waals surface area contributed by atoms with Crippen LogP contribution in [0.4, 0.5) is 0 Å². The van der Waals surface area contributed by atoms with Gasteiger partial charge in [-0.25, -0.2) is 0 Å². The van der Waals surface area contributed by atoms with E-state index in [0.29, 0.717) is 11.8 Å². The Kier molecular flexibility index (Phi) is 4.64. The van der Waals surface area contributed by atoms with Crippen LogP contribution < -0.4 is 0 Å². The van der Waals surface area contributed by atoms with Crippen LogP contribution in [-0.2, 0) is 9.53 Å². The van der Waals surface area contributed by atoms with Crippen molar-refractivity contribution in [3.05, 3.63) is 0 Å². The number of rotatable bonds is 2. The molecule has 3 aliphatic heterocycles. The summed E-state index contributed by atoms with van der Waals surface area (Å²) in [7, 11) is 0. The van der Waals surface area contributed by atoms with Crippen LogP contribution in [0.25, 0.3) is 0 Å². The predicted molar refractivity (Wildman–Crippen MR) is 90.3 cm³/mol. The van der Waals surface area contributed by atoms with E-state index in [1.807, 2.05) is 0 Å². The van der Waals surface area contributed by atoms with Crippen molar-refractivity contribution in [3.8, 4) is 0 Å². The van der Waals surface area contributed by atoms with Crippen LogP contribution in [0.2, 0.25) is 0 Å². The first-order valence-corrected chi connectivity index (χ1v) is 9.93. The van der Waals surface area contributed by atoms with Crippen molar-refractivity contribution in [2.45, 2.75) is 75.9 Å². The molecule has 1 aliphatic carbocycles. The maximum Gasteiger partial charge on any atom is 0.225 e. The zero-order valence-electron chi connectivity index (χ0n) is 14.5. The second-order valence-electron chi connectivity index (χ2n) is 8.23. The van der Waals surface area contributed by atoms with Crippen molar-refractivity contribution < 1.29 is 9.53 Å². The van der Waals surface area contributed by atoms with Crippen molar-refractivity contribution in [3.63, 3.8) is 0 Å². The molecule has 0 aromatic rings. The first-order valence-electron chi connectivity index (χ1n) is 9.93. The van der Waals surface area contributed by atoms with Gasteiger partial charge in [-0.3, -0.25) is 4.79 Å². The number of carbonyl (C=O) groups is 1. The van der Waals surface area contributed by atoms with E-state index in [1.54, 1.807) is 0 Å². The number of amides is 1. The average molecular weight is 320 g/mol. The highest BCUT2D eigenvalue weighted by Crippen LogP contribution is 2.38. The van der Waals surface area contributed by atoms with E-state index >= 15 is 0 Å². The lowest BCUT2D eigenvalue weighted by Crippen LogP contribution is -2.55. The highest BCUT2D eigenvalue weighted by atomic mass is 16.5. The van der Waals surface area contributed by atoms with E-state index in [0.717, 1.165) is 51.4 Å². The zero-order chi connectivity index (χ0) is 15.7. The van der Waals surface area contributed by atoms with Crippen molar-refractivity contribution in [1.29, 1.82) is 0 Å². The molecule has 3 heterocycles. The number of hydrogen-bond acceptors (Lipinski definition) is 3. The summed E-state index contributed by atoms with van der Waals surface area (Å²) in [6.45, 7) is 5.32. The van der Waals surface area contributed by atoms with Crippen LogP contribution >= 0.6 is 0 Å². The summed E-state index contributed by atoms with van der Waals surface area (Å²) >= 11 is 0. The van der Waals surface area contributed by atoms with Gasteiger partial charge in [-0.1, -0.05) is 12.8 Å². The number of carbonyl (C=O) groups excluding carboxylic acids is 1. The molecule has 4 rings (SSSR count). The Bertz CT molecular complexity index is 421. The number of nitrogens with zero attached hydrogens (tertiary/aromatic N) is 2. The van der Waals surface area contributed by atoms with Crippen LogP contribution in [0, 0.1) is 5.92 Å². The smallest absolute Gasteiger partial charge is 0.225 e. The summed E-state index contributed by atoms with van der Waals surface area (Å²) in [4.78, 5) is 17.3. The predicted octanol–water partition coefficient (Wildman–Crippen LogP) is 2.81. The SMILES string of the molecule is O=C(C1CCC1)N1CCC2(CC1)CC(N1CCCCC1)CCO2. The van der Waals surface area contributed by atoms with Gasteiger partial charge in [0.2, 0.25) is 5.91 Å². The van der Waals surface area contributed by atoms with Crippen LogP contribution in [0.5, 0.6) is 0 Å². The first kappa shape index (κ1) is 15.9. The quantitative estimate of drug-likeness (QED) is 0.784. The lowest BCUT2D eigenvalue weighted by atomic mass is 9.80. The molecule has 4 fully saturated rings. The zero-order valence-corrected chi connectivity index (χ0v) is 14.5. The molecule has 1 spiro atoms. The fraction of sp³-hybridized carbons (Fsp3) is 0.947. The molecule has 4 nitrogen and oxygen atoms in total. The molecule has 1 amide bonds. The second kappa shape index (κ2) is 6.72. The first-order chi connectivity index (χ1) is 11.3. The van der Waals surface area contributed by atoms with Crippen molar-refractivity contribution >= 4 is 5.91 Å². The summed E-state index contributed by atoms with van der Waals surface area (Å²) in [5.74, 6) is 0.770. The normalized spacial score (nSPS) is 32.7. The molecule has 130 valence electrons. The monoisotopic (exact) mass is 320 g/mol. The molecular formula is C19H32N2O2. The average Bonchev–Trinajstić information content (AvgIpc) is 2.55. The number of likely N-dealkylation sites (tertiary alicyclic amines) is 2. The molecule has 23 heavy (non-hydrogen) atoms. The Hall–Kier alpha value is -0.610. The van der Waals surface area contributed by atoms with Gasteiger partial charge in [0.15, 0.2) is 0 Å². The van der Waals surface area contributed by atoms with Crippen LogP contribution in [0.1, 0.15) is 64.2 Å².